The van der Waals surface area contributed by atoms with E-state index in [1.807, 2.05) is 10.6 Å². The molecule has 3 aromatic rings. The van der Waals surface area contributed by atoms with E-state index in [2.05, 4.69) is 11.4 Å². The van der Waals surface area contributed by atoms with Gasteiger partial charge in [0, 0.05) is 24.0 Å². The first kappa shape index (κ1) is 14.5. The number of hydrogen-bond acceptors (Lipinski definition) is 2. The summed E-state index contributed by atoms with van der Waals surface area (Å²) in [6.45, 7) is 1.33. The number of benzene rings is 2. The fraction of sp³-hybridized carbons (Fsp3) is 0.158. The Morgan fingerprint density at radius 1 is 1.21 bits per heavy atom. The predicted molar refractivity (Wildman–Crippen MR) is 89.0 cm³/mol. The van der Waals surface area contributed by atoms with Crippen LogP contribution in [0.2, 0.25) is 0 Å². The van der Waals surface area contributed by atoms with E-state index in [1.165, 1.54) is 12.1 Å². The van der Waals surface area contributed by atoms with Gasteiger partial charge in [-0.15, -0.1) is 0 Å². The van der Waals surface area contributed by atoms with Gasteiger partial charge in [0.2, 0.25) is 0 Å². The van der Waals surface area contributed by atoms with E-state index in [1.54, 1.807) is 24.3 Å². The topological polar surface area (TPSA) is 57.8 Å². The molecule has 0 saturated heterocycles. The van der Waals surface area contributed by atoms with Crippen molar-refractivity contribution in [1.29, 1.82) is 5.26 Å². The summed E-state index contributed by atoms with van der Waals surface area (Å²) < 4.78 is 15.7. The third kappa shape index (κ3) is 2.24. The Morgan fingerprint density at radius 3 is 2.88 bits per heavy atom. The molecule has 0 atom stereocenters. The van der Waals surface area contributed by atoms with Crippen LogP contribution >= 0.6 is 0 Å². The summed E-state index contributed by atoms with van der Waals surface area (Å²) in [4.78, 5) is 12.3. The van der Waals surface area contributed by atoms with Crippen molar-refractivity contribution < 1.29 is 9.18 Å². The molecule has 0 unspecified atom stereocenters. The molecule has 0 radical (unpaired) electrons. The first-order valence-electron chi connectivity index (χ1n) is 7.79. The van der Waals surface area contributed by atoms with Gasteiger partial charge in [0.05, 0.1) is 17.1 Å². The van der Waals surface area contributed by atoms with Crippen molar-refractivity contribution in [2.45, 2.75) is 13.0 Å². The second-order valence-electron chi connectivity index (χ2n) is 5.87. The molecule has 24 heavy (non-hydrogen) atoms. The molecule has 118 valence electrons. The molecule has 2 heterocycles. The average molecular weight is 319 g/mol. The van der Waals surface area contributed by atoms with Gasteiger partial charge in [-0.1, -0.05) is 12.1 Å². The maximum absolute atomic E-state index is 13.7. The smallest absolute Gasteiger partial charge is 0.267 e. The summed E-state index contributed by atoms with van der Waals surface area (Å²) in [6.07, 6.45) is 0.825. The standard InChI is InChI=1S/C19H14FN3O/c20-15-4-1-3-13(9-15)16-8-12(11-21)7-14-10-17-19(24)22-5-2-6-23(17)18(14)16/h1,3-4,7-10H,2,5-6H2,(H,22,24). The molecule has 1 amide bonds. The Hall–Kier alpha value is -3.13. The summed E-state index contributed by atoms with van der Waals surface area (Å²) in [5.41, 5.74) is 3.40. The molecule has 2 aromatic carbocycles. The number of carbonyl (C=O) groups is 1. The molecule has 0 saturated carbocycles. The summed E-state index contributed by atoms with van der Waals surface area (Å²) in [5, 5.41) is 13.0. The van der Waals surface area contributed by atoms with Crippen LogP contribution < -0.4 is 5.32 Å². The van der Waals surface area contributed by atoms with Gasteiger partial charge in [0.15, 0.2) is 0 Å². The van der Waals surface area contributed by atoms with Crippen LogP contribution in [0.25, 0.3) is 22.0 Å². The molecule has 1 aromatic heterocycles. The van der Waals surface area contributed by atoms with Crippen molar-refractivity contribution in [2.24, 2.45) is 0 Å². The predicted octanol–water partition coefficient (Wildman–Crippen LogP) is 3.45. The Balaban J connectivity index is 2.08. The van der Waals surface area contributed by atoms with Crippen molar-refractivity contribution >= 4 is 16.8 Å². The van der Waals surface area contributed by atoms with E-state index in [4.69, 9.17) is 0 Å². The number of fused-ring (bicyclic) bond motifs is 3. The van der Waals surface area contributed by atoms with Gasteiger partial charge in [0.1, 0.15) is 11.5 Å². The Bertz CT molecular complexity index is 1010. The highest BCUT2D eigenvalue weighted by Crippen LogP contribution is 2.33. The Labute approximate surface area is 138 Å². The van der Waals surface area contributed by atoms with Crippen molar-refractivity contribution in [3.05, 3.63) is 59.5 Å². The van der Waals surface area contributed by atoms with E-state index in [9.17, 15) is 14.4 Å². The third-order valence-electron chi connectivity index (χ3n) is 4.33. The lowest BCUT2D eigenvalue weighted by Gasteiger charge is -2.11. The summed E-state index contributed by atoms with van der Waals surface area (Å²) in [5.74, 6) is -0.448. The summed E-state index contributed by atoms with van der Waals surface area (Å²) in [7, 11) is 0. The number of nitrogens with zero attached hydrogens (tertiary/aromatic N) is 2. The Morgan fingerprint density at radius 2 is 2.08 bits per heavy atom. The molecule has 0 bridgehead atoms. The molecular formula is C19H14FN3O. The van der Waals surface area contributed by atoms with E-state index in [0.29, 0.717) is 29.9 Å². The quantitative estimate of drug-likeness (QED) is 0.747. The molecule has 1 N–H and O–H groups in total. The first-order chi connectivity index (χ1) is 11.7. The molecule has 5 heteroatoms. The monoisotopic (exact) mass is 319 g/mol. The van der Waals surface area contributed by atoms with E-state index < -0.39 is 0 Å². The highest BCUT2D eigenvalue weighted by atomic mass is 19.1. The number of amides is 1. The van der Waals surface area contributed by atoms with E-state index >= 15 is 0 Å². The van der Waals surface area contributed by atoms with Crippen LogP contribution in [0, 0.1) is 17.1 Å². The number of aromatic nitrogens is 1. The number of halogens is 1. The number of hydrogen-bond donors (Lipinski definition) is 1. The fourth-order valence-electron chi connectivity index (χ4n) is 3.30. The third-order valence-corrected chi connectivity index (χ3v) is 4.33. The van der Waals surface area contributed by atoms with Gasteiger partial charge in [0.25, 0.3) is 5.91 Å². The van der Waals surface area contributed by atoms with Crippen LogP contribution in [-0.4, -0.2) is 17.0 Å². The molecule has 1 aliphatic rings. The maximum Gasteiger partial charge on any atom is 0.267 e. The molecular weight excluding hydrogens is 305 g/mol. The maximum atomic E-state index is 13.7. The van der Waals surface area contributed by atoms with Crippen LogP contribution in [0.4, 0.5) is 4.39 Å². The van der Waals surface area contributed by atoms with Gasteiger partial charge < -0.3 is 9.88 Å². The lowest BCUT2D eigenvalue weighted by atomic mass is 10.00. The summed E-state index contributed by atoms with van der Waals surface area (Å²) in [6, 6.07) is 13.8. The molecule has 1 aliphatic heterocycles. The van der Waals surface area contributed by atoms with Crippen molar-refractivity contribution in [3.63, 3.8) is 0 Å². The highest BCUT2D eigenvalue weighted by Gasteiger charge is 2.21. The second kappa shape index (κ2) is 5.50. The Kier molecular flexibility index (Phi) is 3.31. The first-order valence-corrected chi connectivity index (χ1v) is 7.79. The van der Waals surface area contributed by atoms with Crippen LogP contribution in [0.5, 0.6) is 0 Å². The molecule has 0 fully saturated rings. The van der Waals surface area contributed by atoms with Crippen LogP contribution in [0.1, 0.15) is 22.5 Å². The van der Waals surface area contributed by atoms with Crippen molar-refractivity contribution in [3.8, 4) is 17.2 Å². The minimum Gasteiger partial charge on any atom is -0.351 e. The minimum atomic E-state index is -0.330. The molecule has 0 aliphatic carbocycles. The zero-order chi connectivity index (χ0) is 16.7. The summed E-state index contributed by atoms with van der Waals surface area (Å²) >= 11 is 0. The van der Waals surface area contributed by atoms with Crippen LogP contribution in [0.3, 0.4) is 0 Å². The number of carbonyl (C=O) groups excluding carboxylic acids is 1. The van der Waals surface area contributed by atoms with Crippen molar-refractivity contribution in [1.82, 2.24) is 9.88 Å². The average Bonchev–Trinajstić information content (AvgIpc) is 2.86. The van der Waals surface area contributed by atoms with Gasteiger partial charge in [-0.05, 0) is 42.3 Å². The van der Waals surface area contributed by atoms with E-state index in [-0.39, 0.29) is 11.7 Å². The van der Waals surface area contributed by atoms with Gasteiger partial charge in [-0.25, -0.2) is 4.39 Å². The second-order valence-corrected chi connectivity index (χ2v) is 5.87. The number of rotatable bonds is 1. The zero-order valence-corrected chi connectivity index (χ0v) is 12.8. The number of nitriles is 1. The van der Waals surface area contributed by atoms with Gasteiger partial charge >= 0.3 is 0 Å². The van der Waals surface area contributed by atoms with Crippen LogP contribution in [0.15, 0.2) is 42.5 Å². The molecule has 4 nitrogen and oxygen atoms in total. The van der Waals surface area contributed by atoms with Gasteiger partial charge in [-0.3, -0.25) is 4.79 Å². The molecule has 0 spiro atoms. The van der Waals surface area contributed by atoms with Crippen molar-refractivity contribution in [2.75, 3.05) is 6.54 Å². The normalized spacial score (nSPS) is 13.9. The lowest BCUT2D eigenvalue weighted by Crippen LogP contribution is -2.22. The zero-order valence-electron chi connectivity index (χ0n) is 12.8. The minimum absolute atomic E-state index is 0.118. The highest BCUT2D eigenvalue weighted by molar-refractivity contribution is 6.03. The number of aryl methyl sites for hydroxylation is 1. The lowest BCUT2D eigenvalue weighted by molar-refractivity contribution is 0.0951. The SMILES string of the molecule is N#Cc1cc(-c2cccc(F)c2)c2c(c1)cc1n2CCCNC1=O. The fourth-order valence-corrected chi connectivity index (χ4v) is 3.30. The number of nitrogens with one attached hydrogen (secondary N) is 1. The molecule has 4 rings (SSSR count). The van der Waals surface area contributed by atoms with Crippen LogP contribution in [-0.2, 0) is 6.54 Å². The largest absolute Gasteiger partial charge is 0.351 e. The van der Waals surface area contributed by atoms with Gasteiger partial charge in [-0.2, -0.15) is 5.26 Å². The van der Waals surface area contributed by atoms with E-state index in [0.717, 1.165) is 22.9 Å².